The lowest BCUT2D eigenvalue weighted by molar-refractivity contribution is -0.161. The minimum Gasteiger partial charge on any atom is -0.462 e. The summed E-state index contributed by atoms with van der Waals surface area (Å²) in [4.78, 5) is 46.5. The van der Waals surface area contributed by atoms with Crippen LogP contribution in [0.25, 0.3) is 0 Å². The number of nitrogens with one attached hydrogen (secondary N) is 1. The number of carbonyl (C=O) groups is 3. The predicted octanol–water partition coefficient (Wildman–Crippen LogP) is 11.2. The molecule has 55 heavy (non-hydrogen) atoms. The molecule has 0 heterocycles. The maximum Gasteiger partial charge on any atom is 0.472 e. The Morgan fingerprint density at radius 3 is 1.29 bits per heavy atom. The van der Waals surface area contributed by atoms with Crippen molar-refractivity contribution < 1.29 is 42.4 Å². The van der Waals surface area contributed by atoms with Crippen molar-refractivity contribution in [3.8, 4) is 0 Å². The van der Waals surface area contributed by atoms with Crippen molar-refractivity contribution in [2.75, 3.05) is 32.9 Å². The highest BCUT2D eigenvalue weighted by molar-refractivity contribution is 7.47. The van der Waals surface area contributed by atoms with E-state index in [1.807, 2.05) is 0 Å². The first kappa shape index (κ1) is 53.5. The van der Waals surface area contributed by atoms with Crippen LogP contribution in [0.15, 0.2) is 0 Å². The molecule has 0 aliphatic carbocycles. The van der Waals surface area contributed by atoms with Gasteiger partial charge in [-0.2, -0.15) is 0 Å². The van der Waals surface area contributed by atoms with Gasteiger partial charge in [0.05, 0.1) is 19.8 Å². The molecule has 0 spiro atoms. The van der Waals surface area contributed by atoms with Crippen molar-refractivity contribution in [3.63, 3.8) is 0 Å². The Hall–Kier alpha value is -1.52. The van der Waals surface area contributed by atoms with Crippen LogP contribution in [0.3, 0.4) is 0 Å². The average molecular weight is 805 g/mol. The second-order valence-electron chi connectivity index (χ2n) is 15.3. The van der Waals surface area contributed by atoms with Crippen molar-refractivity contribution >= 4 is 25.7 Å². The fraction of sp³-hybridized carbons (Fsp3) is 0.930. The van der Waals surface area contributed by atoms with Gasteiger partial charge in [-0.05, 0) is 12.8 Å². The predicted molar refractivity (Wildman–Crippen MR) is 224 cm³/mol. The zero-order valence-electron chi connectivity index (χ0n) is 35.5. The summed E-state index contributed by atoms with van der Waals surface area (Å²) in [5, 5.41) is 2.43. The summed E-state index contributed by atoms with van der Waals surface area (Å²) in [5.74, 6) is -1.30. The SMILES string of the molecule is CCCCCCCCCCCCCCCCCC(=O)OC[C@H](COP(=O)(O)OCCNC(=O)CN)OC(=O)CCCCCCCCCCCCCCCCC. The molecule has 0 saturated heterocycles. The molecule has 0 aromatic rings. The molecule has 0 fully saturated rings. The van der Waals surface area contributed by atoms with E-state index in [4.69, 9.17) is 24.3 Å². The molecule has 0 aliphatic heterocycles. The van der Waals surface area contributed by atoms with Crippen molar-refractivity contribution in [1.82, 2.24) is 5.32 Å². The number of rotatable bonds is 43. The van der Waals surface area contributed by atoms with Crippen LogP contribution in [-0.2, 0) is 37.5 Å². The average Bonchev–Trinajstić information content (AvgIpc) is 3.17. The van der Waals surface area contributed by atoms with Gasteiger partial charge >= 0.3 is 19.8 Å². The Balaban J connectivity index is 4.32. The lowest BCUT2D eigenvalue weighted by Gasteiger charge is -2.20. The Morgan fingerprint density at radius 2 is 0.909 bits per heavy atom. The van der Waals surface area contributed by atoms with Crippen molar-refractivity contribution in [1.29, 1.82) is 0 Å². The van der Waals surface area contributed by atoms with E-state index >= 15 is 0 Å². The van der Waals surface area contributed by atoms with E-state index in [1.54, 1.807) is 0 Å². The largest absolute Gasteiger partial charge is 0.472 e. The first-order valence-electron chi connectivity index (χ1n) is 22.7. The lowest BCUT2D eigenvalue weighted by Crippen LogP contribution is -2.32. The minimum absolute atomic E-state index is 0.0292. The lowest BCUT2D eigenvalue weighted by atomic mass is 10.0. The van der Waals surface area contributed by atoms with Gasteiger partial charge in [0.1, 0.15) is 6.61 Å². The molecular formula is C43H85N2O9P. The number of phosphoric acid groups is 1. The topological polar surface area (TPSA) is 163 Å². The molecule has 0 bridgehead atoms. The van der Waals surface area contributed by atoms with E-state index in [2.05, 4.69) is 19.2 Å². The molecule has 4 N–H and O–H groups in total. The number of carbonyl (C=O) groups excluding carboxylic acids is 3. The van der Waals surface area contributed by atoms with Gasteiger partial charge in [-0.3, -0.25) is 23.4 Å². The number of ether oxygens (including phenoxy) is 2. The van der Waals surface area contributed by atoms with Gasteiger partial charge in [-0.25, -0.2) is 4.57 Å². The molecular weight excluding hydrogens is 719 g/mol. The number of hydrogen-bond acceptors (Lipinski definition) is 9. The fourth-order valence-electron chi connectivity index (χ4n) is 6.54. The van der Waals surface area contributed by atoms with Crippen LogP contribution in [0, 0.1) is 0 Å². The van der Waals surface area contributed by atoms with Crippen molar-refractivity contribution in [2.24, 2.45) is 5.73 Å². The highest BCUT2D eigenvalue weighted by atomic mass is 31.2. The van der Waals surface area contributed by atoms with Crippen LogP contribution in [-0.4, -0.2) is 61.8 Å². The number of nitrogens with two attached hydrogens (primary N) is 1. The Morgan fingerprint density at radius 1 is 0.545 bits per heavy atom. The second-order valence-corrected chi connectivity index (χ2v) is 16.8. The van der Waals surface area contributed by atoms with E-state index in [1.165, 1.54) is 148 Å². The molecule has 2 atom stereocenters. The molecule has 326 valence electrons. The number of hydrogen-bond donors (Lipinski definition) is 3. The van der Waals surface area contributed by atoms with Crippen LogP contribution < -0.4 is 11.1 Å². The highest BCUT2D eigenvalue weighted by Crippen LogP contribution is 2.43. The first-order chi connectivity index (χ1) is 26.7. The third kappa shape index (κ3) is 40.5. The van der Waals surface area contributed by atoms with Crippen molar-refractivity contribution in [2.45, 2.75) is 225 Å². The smallest absolute Gasteiger partial charge is 0.462 e. The molecule has 0 rings (SSSR count). The quantitative estimate of drug-likeness (QED) is 0.0307. The Bertz CT molecular complexity index is 940. The van der Waals surface area contributed by atoms with Gasteiger partial charge in [0.25, 0.3) is 0 Å². The summed E-state index contributed by atoms with van der Waals surface area (Å²) in [6, 6.07) is 0. The number of esters is 2. The zero-order chi connectivity index (χ0) is 40.5. The molecule has 11 nitrogen and oxygen atoms in total. The maximum absolute atomic E-state index is 12.7. The second kappa shape index (κ2) is 40.7. The summed E-state index contributed by atoms with van der Waals surface area (Å²) in [5.41, 5.74) is 5.23. The fourth-order valence-corrected chi connectivity index (χ4v) is 7.29. The monoisotopic (exact) mass is 805 g/mol. The van der Waals surface area contributed by atoms with E-state index in [9.17, 15) is 23.8 Å². The third-order valence-corrected chi connectivity index (χ3v) is 11.0. The van der Waals surface area contributed by atoms with Gasteiger partial charge in [-0.15, -0.1) is 0 Å². The summed E-state index contributed by atoms with van der Waals surface area (Å²) < 4.78 is 33.2. The Labute approximate surface area is 336 Å². The molecule has 1 unspecified atom stereocenters. The molecule has 0 aromatic carbocycles. The Kier molecular flexibility index (Phi) is 39.5. The van der Waals surface area contributed by atoms with Gasteiger partial charge in [0, 0.05) is 19.4 Å². The molecule has 0 aliphatic rings. The summed E-state index contributed by atoms with van der Waals surface area (Å²) in [7, 11) is -4.52. The van der Waals surface area contributed by atoms with Crippen LogP contribution in [0.5, 0.6) is 0 Å². The normalized spacial score (nSPS) is 13.0. The van der Waals surface area contributed by atoms with E-state index in [0.29, 0.717) is 6.42 Å². The summed E-state index contributed by atoms with van der Waals surface area (Å²) >= 11 is 0. The molecule has 12 heteroatoms. The first-order valence-corrected chi connectivity index (χ1v) is 24.2. The van der Waals surface area contributed by atoms with E-state index in [0.717, 1.165) is 38.5 Å². The molecule has 0 radical (unpaired) electrons. The van der Waals surface area contributed by atoms with Crippen LogP contribution in [0.2, 0.25) is 0 Å². The molecule has 0 aromatic heterocycles. The van der Waals surface area contributed by atoms with Crippen LogP contribution >= 0.6 is 7.82 Å². The van der Waals surface area contributed by atoms with Crippen molar-refractivity contribution in [3.05, 3.63) is 0 Å². The summed E-state index contributed by atoms with van der Waals surface area (Å²) in [6.07, 6.45) is 36.4. The van der Waals surface area contributed by atoms with Gasteiger partial charge in [0.15, 0.2) is 6.10 Å². The van der Waals surface area contributed by atoms with E-state index in [-0.39, 0.29) is 39.1 Å². The third-order valence-electron chi connectivity index (χ3n) is 9.98. The zero-order valence-corrected chi connectivity index (χ0v) is 36.4. The highest BCUT2D eigenvalue weighted by Gasteiger charge is 2.26. The molecule has 0 saturated carbocycles. The van der Waals surface area contributed by atoms with Crippen LogP contribution in [0.4, 0.5) is 0 Å². The van der Waals surface area contributed by atoms with Gasteiger partial charge in [-0.1, -0.05) is 194 Å². The van der Waals surface area contributed by atoms with Gasteiger partial charge < -0.3 is 25.4 Å². The standard InChI is InChI=1S/C43H85N2O9P/c1-3-5-7-9-11-13-15-17-19-21-23-25-27-29-31-33-42(47)51-38-40(39-53-55(49,50)52-36-35-45-41(46)37-44)54-43(48)34-32-30-28-26-24-22-20-18-16-14-12-10-8-6-4-2/h40H,3-39,44H2,1-2H3,(H,45,46)(H,49,50)/t40-/m1/s1. The number of phosphoric ester groups is 1. The minimum atomic E-state index is -4.52. The number of amides is 1. The maximum atomic E-state index is 12.7. The molecule has 1 amide bonds. The van der Waals surface area contributed by atoms with Crippen LogP contribution in [0.1, 0.15) is 219 Å². The summed E-state index contributed by atoms with van der Waals surface area (Å²) in [6.45, 7) is 3.22. The van der Waals surface area contributed by atoms with E-state index < -0.39 is 38.4 Å². The number of unbranched alkanes of at least 4 members (excludes halogenated alkanes) is 28. The van der Waals surface area contributed by atoms with Gasteiger partial charge in [0.2, 0.25) is 5.91 Å².